The molecular formula is C36H40N2O2S3. The Morgan fingerprint density at radius 1 is 0.767 bits per heavy atom. The average Bonchev–Trinajstić information content (AvgIpc) is 3.64. The number of aldehydes is 1. The summed E-state index contributed by atoms with van der Waals surface area (Å²) >= 11 is 5.19. The van der Waals surface area contributed by atoms with Gasteiger partial charge in [-0.3, -0.25) is 9.59 Å². The highest BCUT2D eigenvalue weighted by Gasteiger charge is 2.12. The maximum absolute atomic E-state index is 11.5. The minimum absolute atomic E-state index is 0. The molecule has 1 N–H and O–H groups in total. The number of rotatable bonds is 6. The highest BCUT2D eigenvalue weighted by Crippen LogP contribution is 2.32. The number of carbonyl (C=O) groups is 2. The summed E-state index contributed by atoms with van der Waals surface area (Å²) in [5.74, 6) is -0.0399. The summed E-state index contributed by atoms with van der Waals surface area (Å²) in [6.45, 7) is 11.4. The number of likely N-dealkylation sites (N-methyl/N-ethyl adjacent to an activating group) is 1. The van der Waals surface area contributed by atoms with Crippen LogP contribution in [0.25, 0.3) is 30.3 Å². The Morgan fingerprint density at radius 2 is 1.21 bits per heavy atom. The molecule has 0 saturated heterocycles. The number of hydrogen-bond donors (Lipinski definition) is 1. The van der Waals surface area contributed by atoms with Crippen LogP contribution in [0.4, 0.5) is 0 Å². The number of carbonyl (C=O) groups excluding carboxylic acids is 2. The zero-order chi connectivity index (χ0) is 30.2. The molecule has 3 aromatic heterocycles. The van der Waals surface area contributed by atoms with Crippen LogP contribution < -0.4 is 5.32 Å². The van der Waals surface area contributed by atoms with E-state index in [9.17, 15) is 9.59 Å². The van der Waals surface area contributed by atoms with Gasteiger partial charge in [-0.1, -0.05) is 68.6 Å². The van der Waals surface area contributed by atoms with E-state index < -0.39 is 0 Å². The van der Waals surface area contributed by atoms with Gasteiger partial charge in [0.1, 0.15) is 0 Å². The summed E-state index contributed by atoms with van der Waals surface area (Å²) in [6, 6.07) is 25.0. The zero-order valence-corrected chi connectivity index (χ0v) is 27.1. The maximum atomic E-state index is 11.5. The van der Waals surface area contributed by atoms with Gasteiger partial charge in [0.15, 0.2) is 6.29 Å². The number of hydrogen-bond acceptors (Lipinski definition) is 6. The number of benzene rings is 3. The van der Waals surface area contributed by atoms with Gasteiger partial charge in [-0.25, -0.2) is 0 Å². The quantitative estimate of drug-likeness (QED) is 0.148. The van der Waals surface area contributed by atoms with E-state index in [1.54, 1.807) is 34.6 Å². The van der Waals surface area contributed by atoms with Gasteiger partial charge in [0.05, 0.1) is 11.4 Å². The number of nitrogens with one attached hydrogen (secondary N) is 1. The van der Waals surface area contributed by atoms with Crippen LogP contribution in [-0.4, -0.2) is 31.2 Å². The molecule has 6 aromatic rings. The Labute approximate surface area is 267 Å². The lowest BCUT2D eigenvalue weighted by Crippen LogP contribution is -2.23. The average molecular weight is 629 g/mol. The molecule has 0 spiro atoms. The van der Waals surface area contributed by atoms with Gasteiger partial charge in [0.2, 0.25) is 5.91 Å². The monoisotopic (exact) mass is 628 g/mol. The van der Waals surface area contributed by atoms with E-state index in [1.807, 2.05) is 61.7 Å². The Morgan fingerprint density at radius 3 is 1.65 bits per heavy atom. The molecule has 4 nitrogen and oxygen atoms in total. The molecule has 0 unspecified atom stereocenters. The molecule has 6 rings (SSSR count). The molecule has 0 saturated carbocycles. The van der Waals surface area contributed by atoms with Crippen LogP contribution in [0.1, 0.15) is 43.5 Å². The summed E-state index contributed by atoms with van der Waals surface area (Å²) in [7, 11) is 3.79. The molecule has 0 aliphatic heterocycles. The van der Waals surface area contributed by atoms with E-state index in [1.165, 1.54) is 57.2 Å². The van der Waals surface area contributed by atoms with Crippen LogP contribution in [0.2, 0.25) is 0 Å². The summed E-state index contributed by atoms with van der Waals surface area (Å²) in [5.41, 5.74) is 3.80. The van der Waals surface area contributed by atoms with Crippen LogP contribution in [0.5, 0.6) is 0 Å². The number of fused-ring (bicyclic) bond motifs is 3. The SMILES string of the molecule is C.C=CC(=O)N(C)Cc1sc2ccccc2c1C.CNCc1sc2ccccc2c1C.Cc1c(C=O)sc2ccccc12. The van der Waals surface area contributed by atoms with Crippen LogP contribution in [0.3, 0.4) is 0 Å². The lowest BCUT2D eigenvalue weighted by molar-refractivity contribution is -0.125. The van der Waals surface area contributed by atoms with Crippen molar-refractivity contribution in [1.82, 2.24) is 10.2 Å². The minimum Gasteiger partial charge on any atom is -0.337 e. The molecule has 3 heterocycles. The van der Waals surface area contributed by atoms with Gasteiger partial charge in [0, 0.05) is 37.4 Å². The van der Waals surface area contributed by atoms with E-state index in [4.69, 9.17) is 0 Å². The first-order valence-electron chi connectivity index (χ1n) is 13.7. The molecule has 0 bridgehead atoms. The molecule has 0 aliphatic rings. The molecule has 0 aliphatic carbocycles. The number of thiophene rings is 3. The van der Waals surface area contributed by atoms with Gasteiger partial charge in [-0.05, 0) is 84.9 Å². The summed E-state index contributed by atoms with van der Waals surface area (Å²) in [6.07, 6.45) is 2.28. The second kappa shape index (κ2) is 15.7. The fourth-order valence-corrected chi connectivity index (χ4v) is 8.20. The molecular weight excluding hydrogens is 589 g/mol. The molecule has 0 atom stereocenters. The van der Waals surface area contributed by atoms with E-state index in [0.717, 1.165) is 23.3 Å². The Hall–Kier alpha value is -3.62. The fourth-order valence-electron chi connectivity index (χ4n) is 4.68. The van der Waals surface area contributed by atoms with Gasteiger partial charge in [0.25, 0.3) is 0 Å². The van der Waals surface area contributed by atoms with Crippen LogP contribution in [-0.2, 0) is 17.9 Å². The molecule has 7 heteroatoms. The van der Waals surface area contributed by atoms with Gasteiger partial charge < -0.3 is 10.2 Å². The topological polar surface area (TPSA) is 49.4 Å². The first-order valence-corrected chi connectivity index (χ1v) is 16.1. The van der Waals surface area contributed by atoms with E-state index >= 15 is 0 Å². The van der Waals surface area contributed by atoms with Crippen LogP contribution in [0, 0.1) is 20.8 Å². The molecule has 3 aromatic carbocycles. The number of aryl methyl sites for hydroxylation is 3. The van der Waals surface area contributed by atoms with Crippen molar-refractivity contribution in [2.24, 2.45) is 0 Å². The lowest BCUT2D eigenvalue weighted by atomic mass is 10.1. The Kier molecular flexibility index (Phi) is 12.4. The normalized spacial score (nSPS) is 10.3. The van der Waals surface area contributed by atoms with Crippen molar-refractivity contribution >= 4 is 76.5 Å². The first-order chi connectivity index (χ1) is 20.3. The predicted octanol–water partition coefficient (Wildman–Crippen LogP) is 9.94. The lowest BCUT2D eigenvalue weighted by Gasteiger charge is -2.14. The first kappa shape index (κ1) is 33.9. The van der Waals surface area contributed by atoms with Crippen molar-refractivity contribution in [2.45, 2.75) is 41.3 Å². The Bertz CT molecular complexity index is 1840. The molecule has 0 fully saturated rings. The number of nitrogens with zero attached hydrogens (tertiary/aromatic N) is 1. The third-order valence-electron chi connectivity index (χ3n) is 7.14. The largest absolute Gasteiger partial charge is 0.337 e. The third-order valence-corrected chi connectivity index (χ3v) is 10.9. The van der Waals surface area contributed by atoms with Gasteiger partial charge in [-0.2, -0.15) is 0 Å². The van der Waals surface area contributed by atoms with Crippen molar-refractivity contribution in [3.63, 3.8) is 0 Å². The third kappa shape index (κ3) is 7.86. The minimum atomic E-state index is -0.0399. The van der Waals surface area contributed by atoms with E-state index in [-0.39, 0.29) is 13.3 Å². The summed E-state index contributed by atoms with van der Waals surface area (Å²) in [4.78, 5) is 27.3. The van der Waals surface area contributed by atoms with Crippen molar-refractivity contribution in [3.05, 3.63) is 117 Å². The van der Waals surface area contributed by atoms with E-state index in [2.05, 4.69) is 62.1 Å². The van der Waals surface area contributed by atoms with E-state index in [0.29, 0.717) is 6.54 Å². The number of amides is 1. The van der Waals surface area contributed by atoms with Gasteiger partial charge >= 0.3 is 0 Å². The molecule has 1 amide bonds. The Balaban J connectivity index is 0.000000178. The van der Waals surface area contributed by atoms with Crippen molar-refractivity contribution in [1.29, 1.82) is 0 Å². The van der Waals surface area contributed by atoms with Crippen molar-refractivity contribution in [3.8, 4) is 0 Å². The summed E-state index contributed by atoms with van der Waals surface area (Å²) < 4.78 is 3.86. The van der Waals surface area contributed by atoms with Crippen LogP contribution in [0.15, 0.2) is 85.5 Å². The van der Waals surface area contributed by atoms with Gasteiger partial charge in [-0.15, -0.1) is 34.0 Å². The van der Waals surface area contributed by atoms with Crippen molar-refractivity contribution < 1.29 is 9.59 Å². The smallest absolute Gasteiger partial charge is 0.246 e. The zero-order valence-electron chi connectivity index (χ0n) is 24.7. The summed E-state index contributed by atoms with van der Waals surface area (Å²) in [5, 5.41) is 7.08. The second-order valence-electron chi connectivity index (χ2n) is 9.93. The molecule has 224 valence electrons. The molecule has 43 heavy (non-hydrogen) atoms. The van der Waals surface area contributed by atoms with Crippen molar-refractivity contribution in [2.75, 3.05) is 14.1 Å². The predicted molar refractivity (Wildman–Crippen MR) is 191 cm³/mol. The second-order valence-corrected chi connectivity index (χ2v) is 13.3. The standard InChI is InChI=1S/C14H15NOS.C11H13NS.C10H8OS.CH4/c1-4-14(16)15(3)9-13-10(2)11-7-5-6-8-12(11)17-13;1-8-9-5-3-4-6-10(9)13-11(8)7-12-2;1-7-8-4-2-3-5-9(8)12-10(7)6-11;/h4-8H,1,9H2,2-3H3;3-6,12H,7H2,1-2H3;2-6H,1H3;1H4. The molecule has 0 radical (unpaired) electrons. The highest BCUT2D eigenvalue weighted by atomic mass is 32.1. The van der Waals surface area contributed by atoms with Crippen LogP contribution >= 0.6 is 34.0 Å². The fraction of sp³-hybridized carbons (Fsp3) is 0.222. The maximum Gasteiger partial charge on any atom is 0.246 e. The highest BCUT2D eigenvalue weighted by molar-refractivity contribution is 7.20.